The lowest BCUT2D eigenvalue weighted by molar-refractivity contribution is -0.137. The Hall–Kier alpha value is -1.79. The summed E-state index contributed by atoms with van der Waals surface area (Å²) in [6, 6.07) is 12.1. The third-order valence-corrected chi connectivity index (χ3v) is 3.27. The second-order valence-corrected chi connectivity index (χ2v) is 5.36. The molecule has 0 heterocycles. The van der Waals surface area contributed by atoms with Crippen molar-refractivity contribution in [3.63, 3.8) is 0 Å². The van der Waals surface area contributed by atoms with Crippen LogP contribution in [-0.2, 0) is 12.7 Å². The monoisotopic (exact) mass is 344 g/mol. The number of thiocarbonyl (C=S) groups is 1. The van der Waals surface area contributed by atoms with Gasteiger partial charge in [0.2, 0.25) is 0 Å². The van der Waals surface area contributed by atoms with Crippen molar-refractivity contribution in [1.29, 1.82) is 0 Å². The van der Waals surface area contributed by atoms with Gasteiger partial charge in [0.05, 0.1) is 5.56 Å². The third kappa shape index (κ3) is 4.89. The van der Waals surface area contributed by atoms with E-state index in [0.717, 1.165) is 17.7 Å². The Kier molecular flexibility index (Phi) is 5.26. The molecule has 0 aliphatic heterocycles. The second-order valence-electron chi connectivity index (χ2n) is 4.52. The Morgan fingerprint density at radius 3 is 2.50 bits per heavy atom. The molecule has 0 saturated carbocycles. The topological polar surface area (TPSA) is 24.1 Å². The maximum Gasteiger partial charge on any atom is 0.416 e. The highest BCUT2D eigenvalue weighted by Gasteiger charge is 2.30. The number of benzene rings is 2. The van der Waals surface area contributed by atoms with Crippen LogP contribution in [0, 0.1) is 0 Å². The SMILES string of the molecule is FC(F)(F)c1cccc(NC(=S)NCc2cccc(Cl)c2)c1. The Morgan fingerprint density at radius 1 is 1.09 bits per heavy atom. The van der Waals surface area contributed by atoms with Crippen LogP contribution < -0.4 is 10.6 Å². The summed E-state index contributed by atoms with van der Waals surface area (Å²) < 4.78 is 37.9. The molecule has 0 amide bonds. The number of anilines is 1. The summed E-state index contributed by atoms with van der Waals surface area (Å²) >= 11 is 10.9. The van der Waals surface area contributed by atoms with Gasteiger partial charge in [0.1, 0.15) is 0 Å². The molecule has 2 rings (SSSR count). The summed E-state index contributed by atoms with van der Waals surface area (Å²) in [5.41, 5.74) is 0.467. The summed E-state index contributed by atoms with van der Waals surface area (Å²) in [6.07, 6.45) is -4.38. The Bertz CT molecular complexity index is 674. The third-order valence-electron chi connectivity index (χ3n) is 2.79. The van der Waals surface area contributed by atoms with E-state index in [2.05, 4.69) is 10.6 Å². The lowest BCUT2D eigenvalue weighted by Gasteiger charge is -2.13. The predicted molar refractivity (Wildman–Crippen MR) is 86.0 cm³/mol. The molecule has 0 aliphatic carbocycles. The summed E-state index contributed by atoms with van der Waals surface area (Å²) in [4.78, 5) is 0. The predicted octanol–water partition coefficient (Wildman–Crippen LogP) is 4.85. The zero-order chi connectivity index (χ0) is 16.2. The molecule has 0 aliphatic rings. The highest BCUT2D eigenvalue weighted by molar-refractivity contribution is 7.80. The minimum Gasteiger partial charge on any atom is -0.358 e. The van der Waals surface area contributed by atoms with Crippen molar-refractivity contribution in [3.8, 4) is 0 Å². The average Bonchev–Trinajstić information content (AvgIpc) is 2.45. The first-order valence-corrected chi connectivity index (χ1v) is 7.10. The van der Waals surface area contributed by atoms with E-state index in [0.29, 0.717) is 11.6 Å². The molecule has 0 fully saturated rings. The van der Waals surface area contributed by atoms with Crippen molar-refractivity contribution in [2.45, 2.75) is 12.7 Å². The highest BCUT2D eigenvalue weighted by Crippen LogP contribution is 2.30. The Morgan fingerprint density at radius 2 is 1.82 bits per heavy atom. The van der Waals surface area contributed by atoms with E-state index < -0.39 is 11.7 Å². The van der Waals surface area contributed by atoms with E-state index in [1.165, 1.54) is 12.1 Å². The highest BCUT2D eigenvalue weighted by atomic mass is 35.5. The lowest BCUT2D eigenvalue weighted by atomic mass is 10.2. The van der Waals surface area contributed by atoms with E-state index in [-0.39, 0.29) is 10.8 Å². The van der Waals surface area contributed by atoms with Gasteiger partial charge in [0.25, 0.3) is 0 Å². The minimum atomic E-state index is -4.38. The first-order valence-electron chi connectivity index (χ1n) is 6.31. The summed E-state index contributed by atoms with van der Waals surface area (Å²) in [5, 5.41) is 6.48. The molecule has 0 aromatic heterocycles. The molecule has 0 radical (unpaired) electrons. The van der Waals surface area contributed by atoms with Crippen molar-refractivity contribution in [2.75, 3.05) is 5.32 Å². The molecule has 7 heteroatoms. The van der Waals surface area contributed by atoms with Crippen LogP contribution in [0.5, 0.6) is 0 Å². The van der Waals surface area contributed by atoms with Crippen molar-refractivity contribution in [2.24, 2.45) is 0 Å². The quantitative estimate of drug-likeness (QED) is 0.779. The normalized spacial score (nSPS) is 11.1. The number of nitrogens with one attached hydrogen (secondary N) is 2. The van der Waals surface area contributed by atoms with Gasteiger partial charge >= 0.3 is 6.18 Å². The second kappa shape index (κ2) is 6.98. The number of halogens is 4. The average molecular weight is 345 g/mol. The van der Waals surface area contributed by atoms with Gasteiger partial charge in [-0.15, -0.1) is 0 Å². The maximum atomic E-state index is 12.6. The van der Waals surface area contributed by atoms with Gasteiger partial charge in [0.15, 0.2) is 5.11 Å². The van der Waals surface area contributed by atoms with Gasteiger partial charge in [0, 0.05) is 17.3 Å². The van der Waals surface area contributed by atoms with Gasteiger partial charge < -0.3 is 10.6 Å². The summed E-state index contributed by atoms with van der Waals surface area (Å²) in [7, 11) is 0. The van der Waals surface area contributed by atoms with E-state index in [1.807, 2.05) is 12.1 Å². The van der Waals surface area contributed by atoms with Crippen molar-refractivity contribution < 1.29 is 13.2 Å². The van der Waals surface area contributed by atoms with Gasteiger partial charge in [-0.3, -0.25) is 0 Å². The first kappa shape index (κ1) is 16.6. The van der Waals surface area contributed by atoms with Gasteiger partial charge in [-0.25, -0.2) is 0 Å². The number of rotatable bonds is 3. The molecule has 2 aromatic carbocycles. The number of hydrogen-bond donors (Lipinski definition) is 2. The zero-order valence-corrected chi connectivity index (χ0v) is 12.8. The number of hydrogen-bond acceptors (Lipinski definition) is 1. The van der Waals surface area contributed by atoms with E-state index >= 15 is 0 Å². The number of alkyl halides is 3. The van der Waals surface area contributed by atoms with Gasteiger partial charge in [-0.1, -0.05) is 29.8 Å². The molecule has 2 nitrogen and oxygen atoms in total. The largest absolute Gasteiger partial charge is 0.416 e. The van der Waals surface area contributed by atoms with Crippen LogP contribution in [0.15, 0.2) is 48.5 Å². The molecule has 0 bridgehead atoms. The molecule has 0 saturated heterocycles. The maximum absolute atomic E-state index is 12.6. The Balaban J connectivity index is 1.95. The fourth-order valence-corrected chi connectivity index (χ4v) is 2.18. The summed E-state index contributed by atoms with van der Waals surface area (Å²) in [6.45, 7) is 0.422. The van der Waals surface area contributed by atoms with Crippen molar-refractivity contribution >= 4 is 34.6 Å². The van der Waals surface area contributed by atoms with Crippen LogP contribution in [0.3, 0.4) is 0 Å². The van der Waals surface area contributed by atoms with Crippen molar-refractivity contribution in [1.82, 2.24) is 5.32 Å². The Labute approximate surface area is 136 Å². The molecular weight excluding hydrogens is 333 g/mol. The van der Waals surface area contributed by atoms with E-state index in [4.69, 9.17) is 23.8 Å². The first-order chi connectivity index (χ1) is 10.3. The van der Waals surface area contributed by atoms with Crippen LogP contribution in [0.2, 0.25) is 5.02 Å². The molecule has 22 heavy (non-hydrogen) atoms. The van der Waals surface area contributed by atoms with Gasteiger partial charge in [-0.2, -0.15) is 13.2 Å². The van der Waals surface area contributed by atoms with E-state index in [9.17, 15) is 13.2 Å². The zero-order valence-electron chi connectivity index (χ0n) is 11.2. The van der Waals surface area contributed by atoms with Crippen LogP contribution in [-0.4, -0.2) is 5.11 Å². The molecular formula is C15H12ClF3N2S. The van der Waals surface area contributed by atoms with Crippen LogP contribution in [0.25, 0.3) is 0 Å². The molecule has 2 N–H and O–H groups in total. The lowest BCUT2D eigenvalue weighted by Crippen LogP contribution is -2.28. The smallest absolute Gasteiger partial charge is 0.358 e. The molecule has 0 atom stereocenters. The molecule has 0 spiro atoms. The van der Waals surface area contributed by atoms with Crippen LogP contribution in [0.1, 0.15) is 11.1 Å². The van der Waals surface area contributed by atoms with E-state index in [1.54, 1.807) is 12.1 Å². The molecule has 116 valence electrons. The fourth-order valence-electron chi connectivity index (χ4n) is 1.78. The summed E-state index contributed by atoms with van der Waals surface area (Å²) in [5.74, 6) is 0. The standard InChI is InChI=1S/C15H12ClF3N2S/c16-12-5-1-3-10(7-12)9-20-14(22)21-13-6-2-4-11(8-13)15(17,18)19/h1-8H,9H2,(H2,20,21,22). The molecule has 2 aromatic rings. The minimum absolute atomic E-state index is 0.235. The van der Waals surface area contributed by atoms with Crippen LogP contribution in [0.4, 0.5) is 18.9 Å². The van der Waals surface area contributed by atoms with Crippen LogP contribution >= 0.6 is 23.8 Å². The fraction of sp³-hybridized carbons (Fsp3) is 0.133. The van der Waals surface area contributed by atoms with Crippen molar-refractivity contribution in [3.05, 3.63) is 64.7 Å². The molecule has 0 unspecified atom stereocenters. The van der Waals surface area contributed by atoms with Gasteiger partial charge in [-0.05, 0) is 48.1 Å².